The van der Waals surface area contributed by atoms with E-state index in [0.29, 0.717) is 12.0 Å². The van der Waals surface area contributed by atoms with Crippen LogP contribution in [0.4, 0.5) is 0 Å². The zero-order valence-corrected chi connectivity index (χ0v) is 12.6. The van der Waals surface area contributed by atoms with Crippen LogP contribution in [0.3, 0.4) is 0 Å². The zero-order chi connectivity index (χ0) is 16.9. The molecule has 0 heterocycles. The topological polar surface area (TPSA) is 133 Å². The maximum atomic E-state index is 11.9. The molecule has 0 radical (unpaired) electrons. The molecule has 7 heteroatoms. The molecule has 0 saturated carbocycles. The number of carbonyl (C=O) groups excluding carboxylic acids is 1. The third-order valence-electron chi connectivity index (χ3n) is 3.16. The second-order valence-corrected chi connectivity index (χ2v) is 5.66. The number of carbonyl (C=O) groups is 2. The Bertz CT molecular complexity index is 545. The molecule has 0 bridgehead atoms. The molecular weight excluding hydrogens is 288 g/mol. The molecule has 0 aliphatic carbocycles. The second kappa shape index (κ2) is 7.65. The van der Waals surface area contributed by atoms with E-state index in [0.717, 1.165) is 0 Å². The molecule has 6 N–H and O–H groups in total. The summed E-state index contributed by atoms with van der Waals surface area (Å²) in [4.78, 5) is 23.2. The Morgan fingerprint density at radius 1 is 1.23 bits per heavy atom. The van der Waals surface area contributed by atoms with Gasteiger partial charge in [-0.15, -0.1) is 0 Å². The van der Waals surface area contributed by atoms with Gasteiger partial charge in [0, 0.05) is 6.42 Å². The van der Waals surface area contributed by atoms with Gasteiger partial charge in [-0.05, 0) is 30.0 Å². The van der Waals surface area contributed by atoms with Crippen LogP contribution in [0.5, 0.6) is 11.5 Å². The van der Waals surface area contributed by atoms with Crippen molar-refractivity contribution >= 4 is 11.9 Å². The van der Waals surface area contributed by atoms with Crippen molar-refractivity contribution in [3.05, 3.63) is 23.8 Å². The number of nitrogens with two attached hydrogens (primary N) is 1. The number of phenolic OH excluding ortho intramolecular Hbond substituents is 2. The highest BCUT2D eigenvalue weighted by Gasteiger charge is 2.24. The van der Waals surface area contributed by atoms with Crippen LogP contribution in [0.15, 0.2) is 18.2 Å². The van der Waals surface area contributed by atoms with E-state index in [9.17, 15) is 24.9 Å². The van der Waals surface area contributed by atoms with Gasteiger partial charge in [0.25, 0.3) is 0 Å². The molecule has 0 saturated heterocycles. The molecule has 1 aromatic rings. The summed E-state index contributed by atoms with van der Waals surface area (Å²) in [6.45, 7) is 3.84. The molecule has 0 aliphatic rings. The van der Waals surface area contributed by atoms with E-state index in [1.165, 1.54) is 18.2 Å². The maximum Gasteiger partial charge on any atom is 0.326 e. The smallest absolute Gasteiger partial charge is 0.326 e. The molecule has 122 valence electrons. The number of carboxylic acids is 1. The summed E-state index contributed by atoms with van der Waals surface area (Å²) in [5.74, 6) is -2.14. The first kappa shape index (κ1) is 17.8. The van der Waals surface area contributed by atoms with Gasteiger partial charge in [0.05, 0.1) is 6.04 Å². The summed E-state index contributed by atoms with van der Waals surface area (Å²) in [6, 6.07) is 2.07. The Hall–Kier alpha value is -2.28. The summed E-state index contributed by atoms with van der Waals surface area (Å²) >= 11 is 0. The lowest BCUT2D eigenvalue weighted by Crippen LogP contribution is -2.49. The van der Waals surface area contributed by atoms with Crippen molar-refractivity contribution in [1.82, 2.24) is 5.32 Å². The number of carboxylic acid groups (broad SMARTS) is 1. The summed E-state index contributed by atoms with van der Waals surface area (Å²) in [7, 11) is 0. The Balaban J connectivity index is 2.75. The van der Waals surface area contributed by atoms with E-state index >= 15 is 0 Å². The number of phenols is 2. The number of aromatic hydroxyl groups is 2. The van der Waals surface area contributed by atoms with Crippen LogP contribution in [0, 0.1) is 5.92 Å². The summed E-state index contributed by atoms with van der Waals surface area (Å²) in [6.07, 6.45) is 0.432. The Kier molecular flexibility index (Phi) is 6.18. The van der Waals surface area contributed by atoms with Gasteiger partial charge in [-0.3, -0.25) is 4.79 Å². The Morgan fingerprint density at radius 2 is 1.86 bits per heavy atom. The number of nitrogens with one attached hydrogen (secondary N) is 1. The molecular formula is C15H22N2O5. The first-order valence-electron chi connectivity index (χ1n) is 7.00. The number of aliphatic carboxylic acids is 1. The van der Waals surface area contributed by atoms with Gasteiger partial charge in [0.2, 0.25) is 5.91 Å². The minimum Gasteiger partial charge on any atom is -0.504 e. The molecule has 1 aromatic carbocycles. The van der Waals surface area contributed by atoms with E-state index in [1.807, 2.05) is 13.8 Å². The number of benzene rings is 1. The highest BCUT2D eigenvalue weighted by atomic mass is 16.4. The number of hydrogen-bond donors (Lipinski definition) is 5. The third kappa shape index (κ3) is 5.25. The fourth-order valence-corrected chi connectivity index (χ4v) is 2.03. The second-order valence-electron chi connectivity index (χ2n) is 5.66. The van der Waals surface area contributed by atoms with Crippen molar-refractivity contribution in [1.29, 1.82) is 0 Å². The Labute approximate surface area is 128 Å². The molecule has 0 aliphatic heterocycles. The minimum absolute atomic E-state index is 0.0245. The molecule has 1 unspecified atom stereocenters. The maximum absolute atomic E-state index is 11.9. The van der Waals surface area contributed by atoms with E-state index in [1.54, 1.807) is 0 Å². The minimum atomic E-state index is -1.20. The first-order chi connectivity index (χ1) is 10.2. The average molecular weight is 310 g/mol. The molecule has 7 nitrogen and oxygen atoms in total. The lowest BCUT2D eigenvalue weighted by Gasteiger charge is -2.19. The fourth-order valence-electron chi connectivity index (χ4n) is 2.03. The van der Waals surface area contributed by atoms with Gasteiger partial charge < -0.3 is 26.4 Å². The fraction of sp³-hybridized carbons (Fsp3) is 0.467. The lowest BCUT2D eigenvalue weighted by molar-refractivity contribution is -0.142. The number of hydrogen-bond acceptors (Lipinski definition) is 5. The van der Waals surface area contributed by atoms with E-state index in [4.69, 9.17) is 5.73 Å². The molecule has 0 aromatic heterocycles. The van der Waals surface area contributed by atoms with Gasteiger partial charge >= 0.3 is 5.97 Å². The van der Waals surface area contributed by atoms with Gasteiger partial charge in [-0.2, -0.15) is 0 Å². The van der Waals surface area contributed by atoms with Crippen LogP contribution in [-0.4, -0.2) is 39.3 Å². The summed E-state index contributed by atoms with van der Waals surface area (Å²) < 4.78 is 0. The normalized spacial score (nSPS) is 13.6. The molecule has 2 atom stereocenters. The highest BCUT2D eigenvalue weighted by Crippen LogP contribution is 2.25. The standard InChI is InChI=1S/C15H22N2O5/c1-8(2)5-10(16)14(20)17-11(15(21)22)6-9-3-4-12(18)13(19)7-9/h3-4,7-8,10-11,18-19H,5-6,16H2,1-2H3,(H,17,20)(H,21,22)/t10-,11?/m0/s1. The van der Waals surface area contributed by atoms with E-state index in [-0.39, 0.29) is 23.8 Å². The van der Waals surface area contributed by atoms with E-state index in [2.05, 4.69) is 5.32 Å². The molecule has 0 spiro atoms. The zero-order valence-electron chi connectivity index (χ0n) is 12.6. The molecule has 1 amide bonds. The average Bonchev–Trinajstić information content (AvgIpc) is 2.41. The third-order valence-corrected chi connectivity index (χ3v) is 3.16. The Morgan fingerprint density at radius 3 is 2.36 bits per heavy atom. The monoisotopic (exact) mass is 310 g/mol. The summed E-state index contributed by atoms with van der Waals surface area (Å²) in [5, 5.41) is 30.3. The molecule has 1 rings (SSSR count). The largest absolute Gasteiger partial charge is 0.504 e. The summed E-state index contributed by atoms with van der Waals surface area (Å²) in [5.41, 5.74) is 6.20. The van der Waals surface area contributed by atoms with Crippen molar-refractivity contribution in [2.45, 2.75) is 38.8 Å². The van der Waals surface area contributed by atoms with Crippen LogP contribution >= 0.6 is 0 Å². The number of rotatable bonds is 7. The van der Waals surface area contributed by atoms with Crippen LogP contribution in [0.25, 0.3) is 0 Å². The highest BCUT2D eigenvalue weighted by molar-refractivity contribution is 5.86. The van der Waals surface area contributed by atoms with Crippen LogP contribution in [0.2, 0.25) is 0 Å². The van der Waals surface area contributed by atoms with Crippen LogP contribution in [0.1, 0.15) is 25.8 Å². The van der Waals surface area contributed by atoms with Crippen molar-refractivity contribution in [3.63, 3.8) is 0 Å². The SMILES string of the molecule is CC(C)C[C@H](N)C(=O)NC(Cc1ccc(O)c(O)c1)C(=O)O. The van der Waals surface area contributed by atoms with Crippen LogP contribution in [-0.2, 0) is 16.0 Å². The predicted molar refractivity (Wildman–Crippen MR) is 80.5 cm³/mol. The molecule has 22 heavy (non-hydrogen) atoms. The quantitative estimate of drug-likeness (QED) is 0.468. The first-order valence-corrected chi connectivity index (χ1v) is 7.00. The van der Waals surface area contributed by atoms with Crippen molar-refractivity contribution < 1.29 is 24.9 Å². The molecule has 0 fully saturated rings. The van der Waals surface area contributed by atoms with Gasteiger partial charge in [-0.1, -0.05) is 19.9 Å². The van der Waals surface area contributed by atoms with Crippen LogP contribution < -0.4 is 11.1 Å². The predicted octanol–water partition coefficient (Wildman–Crippen LogP) is 0.583. The number of amides is 1. The van der Waals surface area contributed by atoms with Crippen molar-refractivity contribution in [2.24, 2.45) is 11.7 Å². The van der Waals surface area contributed by atoms with Gasteiger partial charge in [0.1, 0.15) is 6.04 Å². The van der Waals surface area contributed by atoms with Gasteiger partial charge in [-0.25, -0.2) is 4.79 Å². The van der Waals surface area contributed by atoms with E-state index < -0.39 is 24.0 Å². The van der Waals surface area contributed by atoms with Crippen molar-refractivity contribution in [2.75, 3.05) is 0 Å². The van der Waals surface area contributed by atoms with Crippen molar-refractivity contribution in [3.8, 4) is 11.5 Å². The lowest BCUT2D eigenvalue weighted by atomic mass is 10.0. The van der Waals surface area contributed by atoms with Gasteiger partial charge in [0.15, 0.2) is 11.5 Å².